The van der Waals surface area contributed by atoms with Crippen LogP contribution in [0.5, 0.6) is 0 Å². The zero-order valence-corrected chi connectivity index (χ0v) is 11.4. The average Bonchev–Trinajstić information content (AvgIpc) is 2.76. The van der Waals surface area contributed by atoms with Gasteiger partial charge in [-0.15, -0.1) is 11.3 Å². The molecule has 1 amide bonds. The molecule has 0 radical (unpaired) electrons. The third-order valence-corrected chi connectivity index (χ3v) is 3.80. The fraction of sp³-hybridized carbons (Fsp3) is 0.154. The summed E-state index contributed by atoms with van der Waals surface area (Å²) in [5.74, 6) is -0.148. The lowest BCUT2D eigenvalue weighted by Gasteiger charge is -2.14. The van der Waals surface area contributed by atoms with Crippen molar-refractivity contribution >= 4 is 34.5 Å². The van der Waals surface area contributed by atoms with Gasteiger partial charge in [0.25, 0.3) is 5.91 Å². The fourth-order valence-corrected chi connectivity index (χ4v) is 2.45. The number of carbonyl (C=O) groups excluding carboxylic acids is 1. The summed E-state index contributed by atoms with van der Waals surface area (Å²) in [4.78, 5) is 12.5. The van der Waals surface area contributed by atoms with Crippen molar-refractivity contribution in [2.24, 2.45) is 0 Å². The first-order valence-corrected chi connectivity index (χ1v) is 6.73. The number of rotatable bonds is 3. The molecular formula is C13H13ClN2OS. The second kappa shape index (κ2) is 5.42. The molecule has 0 bridgehead atoms. The van der Waals surface area contributed by atoms with E-state index in [2.05, 4.69) is 5.32 Å². The standard InChI is InChI=1S/C13H13ClN2OS/c1-8(9-2-4-10(14)5-3-9)16-13(17)12-11(15)6-7-18-12/h2-8H,15H2,1H3,(H,16,17). The highest BCUT2D eigenvalue weighted by molar-refractivity contribution is 7.12. The summed E-state index contributed by atoms with van der Waals surface area (Å²) in [6, 6.07) is 9.04. The molecule has 0 saturated carbocycles. The fourth-order valence-electron chi connectivity index (χ4n) is 1.60. The number of thiophene rings is 1. The Bertz CT molecular complexity index is 550. The molecule has 94 valence electrons. The third-order valence-electron chi connectivity index (χ3n) is 2.62. The molecule has 1 unspecified atom stereocenters. The van der Waals surface area contributed by atoms with Gasteiger partial charge in [-0.25, -0.2) is 0 Å². The zero-order chi connectivity index (χ0) is 13.1. The summed E-state index contributed by atoms with van der Waals surface area (Å²) in [6.07, 6.45) is 0. The van der Waals surface area contributed by atoms with Gasteiger partial charge in [-0.3, -0.25) is 4.79 Å². The Morgan fingerprint density at radius 2 is 2.00 bits per heavy atom. The van der Waals surface area contributed by atoms with Crippen LogP contribution in [0, 0.1) is 0 Å². The normalized spacial score (nSPS) is 12.1. The predicted octanol–water partition coefficient (Wildman–Crippen LogP) is 3.47. The summed E-state index contributed by atoms with van der Waals surface area (Å²) in [5, 5.41) is 5.39. The number of nitrogen functional groups attached to an aromatic ring is 1. The van der Waals surface area contributed by atoms with E-state index in [1.54, 1.807) is 23.6 Å². The Hall–Kier alpha value is -1.52. The SMILES string of the molecule is CC(NC(=O)c1sccc1N)c1ccc(Cl)cc1. The molecule has 1 aromatic heterocycles. The number of carbonyl (C=O) groups is 1. The van der Waals surface area contributed by atoms with E-state index >= 15 is 0 Å². The van der Waals surface area contributed by atoms with Crippen molar-refractivity contribution in [2.75, 3.05) is 5.73 Å². The molecule has 0 saturated heterocycles. The highest BCUT2D eigenvalue weighted by Crippen LogP contribution is 2.21. The number of anilines is 1. The van der Waals surface area contributed by atoms with Gasteiger partial charge in [-0.1, -0.05) is 23.7 Å². The van der Waals surface area contributed by atoms with E-state index < -0.39 is 0 Å². The smallest absolute Gasteiger partial charge is 0.263 e. The lowest BCUT2D eigenvalue weighted by atomic mass is 10.1. The molecule has 0 spiro atoms. The van der Waals surface area contributed by atoms with Crippen molar-refractivity contribution in [3.05, 3.63) is 51.2 Å². The monoisotopic (exact) mass is 280 g/mol. The predicted molar refractivity (Wildman–Crippen MR) is 76.1 cm³/mol. The molecule has 0 aliphatic heterocycles. The van der Waals surface area contributed by atoms with Crippen LogP contribution in [0.25, 0.3) is 0 Å². The lowest BCUT2D eigenvalue weighted by Crippen LogP contribution is -2.26. The summed E-state index contributed by atoms with van der Waals surface area (Å²) in [6.45, 7) is 1.92. The number of halogens is 1. The number of hydrogen-bond acceptors (Lipinski definition) is 3. The van der Waals surface area contributed by atoms with Crippen LogP contribution in [0.3, 0.4) is 0 Å². The van der Waals surface area contributed by atoms with Gasteiger partial charge < -0.3 is 11.1 Å². The van der Waals surface area contributed by atoms with E-state index in [1.165, 1.54) is 11.3 Å². The summed E-state index contributed by atoms with van der Waals surface area (Å²) in [5.41, 5.74) is 7.23. The van der Waals surface area contributed by atoms with Crippen molar-refractivity contribution < 1.29 is 4.79 Å². The molecule has 1 heterocycles. The van der Waals surface area contributed by atoms with Crippen molar-refractivity contribution in [1.82, 2.24) is 5.32 Å². The number of nitrogens with two attached hydrogens (primary N) is 1. The van der Waals surface area contributed by atoms with E-state index in [-0.39, 0.29) is 11.9 Å². The summed E-state index contributed by atoms with van der Waals surface area (Å²) < 4.78 is 0. The minimum absolute atomic E-state index is 0.0868. The number of amides is 1. The zero-order valence-electron chi connectivity index (χ0n) is 9.81. The maximum absolute atomic E-state index is 12.0. The molecule has 2 rings (SSSR count). The highest BCUT2D eigenvalue weighted by Gasteiger charge is 2.14. The Morgan fingerprint density at radius 3 is 2.56 bits per heavy atom. The van der Waals surface area contributed by atoms with Gasteiger partial charge in [0.05, 0.1) is 11.7 Å². The van der Waals surface area contributed by atoms with Crippen molar-refractivity contribution in [3.63, 3.8) is 0 Å². The van der Waals surface area contributed by atoms with Crippen LogP contribution in [0.2, 0.25) is 5.02 Å². The van der Waals surface area contributed by atoms with Gasteiger partial charge in [-0.2, -0.15) is 0 Å². The maximum atomic E-state index is 12.0. The summed E-state index contributed by atoms with van der Waals surface area (Å²) in [7, 11) is 0. The highest BCUT2D eigenvalue weighted by atomic mass is 35.5. The first-order valence-electron chi connectivity index (χ1n) is 5.47. The second-order valence-electron chi connectivity index (χ2n) is 3.95. The van der Waals surface area contributed by atoms with Gasteiger partial charge in [-0.05, 0) is 36.1 Å². The second-order valence-corrected chi connectivity index (χ2v) is 5.30. The molecule has 5 heteroatoms. The molecule has 0 aliphatic carbocycles. The molecule has 2 aromatic rings. The van der Waals surface area contributed by atoms with E-state index in [9.17, 15) is 4.79 Å². The molecule has 3 nitrogen and oxygen atoms in total. The number of benzene rings is 1. The van der Waals surface area contributed by atoms with Gasteiger partial charge >= 0.3 is 0 Å². The molecule has 1 aromatic carbocycles. The Kier molecular flexibility index (Phi) is 3.89. The topological polar surface area (TPSA) is 55.1 Å². The minimum atomic E-state index is -0.148. The van der Waals surface area contributed by atoms with Gasteiger partial charge in [0, 0.05) is 5.02 Å². The first-order chi connectivity index (χ1) is 8.58. The quantitative estimate of drug-likeness (QED) is 0.904. The maximum Gasteiger partial charge on any atom is 0.263 e. The van der Waals surface area contributed by atoms with Gasteiger partial charge in [0.15, 0.2) is 0 Å². The third kappa shape index (κ3) is 2.83. The van der Waals surface area contributed by atoms with Crippen LogP contribution >= 0.6 is 22.9 Å². The van der Waals surface area contributed by atoms with Gasteiger partial charge in [0.1, 0.15) is 4.88 Å². The Labute approximate surface area is 115 Å². The lowest BCUT2D eigenvalue weighted by molar-refractivity contribution is 0.0945. The van der Waals surface area contributed by atoms with Crippen molar-refractivity contribution in [1.29, 1.82) is 0 Å². The van der Waals surface area contributed by atoms with E-state index in [1.807, 2.05) is 19.1 Å². The van der Waals surface area contributed by atoms with Crippen LogP contribution in [0.4, 0.5) is 5.69 Å². The molecule has 18 heavy (non-hydrogen) atoms. The molecular weight excluding hydrogens is 268 g/mol. The molecule has 0 aliphatic rings. The van der Waals surface area contributed by atoms with Crippen LogP contribution in [-0.4, -0.2) is 5.91 Å². The first kappa shape index (κ1) is 12.9. The largest absolute Gasteiger partial charge is 0.397 e. The summed E-state index contributed by atoms with van der Waals surface area (Å²) >= 11 is 7.16. The van der Waals surface area contributed by atoms with E-state index in [4.69, 9.17) is 17.3 Å². The van der Waals surface area contributed by atoms with E-state index in [0.29, 0.717) is 15.6 Å². The van der Waals surface area contributed by atoms with Crippen LogP contribution in [0.15, 0.2) is 35.7 Å². The molecule has 3 N–H and O–H groups in total. The van der Waals surface area contributed by atoms with Crippen molar-refractivity contribution in [2.45, 2.75) is 13.0 Å². The van der Waals surface area contributed by atoms with Crippen LogP contribution in [0.1, 0.15) is 28.2 Å². The van der Waals surface area contributed by atoms with Crippen LogP contribution in [-0.2, 0) is 0 Å². The number of nitrogens with one attached hydrogen (secondary N) is 1. The van der Waals surface area contributed by atoms with Crippen LogP contribution < -0.4 is 11.1 Å². The van der Waals surface area contributed by atoms with Crippen molar-refractivity contribution in [3.8, 4) is 0 Å². The number of hydrogen-bond donors (Lipinski definition) is 2. The molecule has 1 atom stereocenters. The molecule has 0 fully saturated rings. The van der Waals surface area contributed by atoms with E-state index in [0.717, 1.165) is 5.56 Å². The average molecular weight is 281 g/mol. The minimum Gasteiger partial charge on any atom is -0.397 e. The Balaban J connectivity index is 2.08. The van der Waals surface area contributed by atoms with Gasteiger partial charge in [0.2, 0.25) is 0 Å². The Morgan fingerprint density at radius 1 is 1.33 bits per heavy atom.